The van der Waals surface area contributed by atoms with E-state index in [0.29, 0.717) is 24.4 Å². The molecule has 1 saturated carbocycles. The van der Waals surface area contributed by atoms with E-state index in [4.69, 9.17) is 5.73 Å². The molecule has 0 aromatic rings. The summed E-state index contributed by atoms with van der Waals surface area (Å²) in [6, 6.07) is 0.996. The fourth-order valence-electron chi connectivity index (χ4n) is 2.92. The molecule has 0 aromatic heterocycles. The van der Waals surface area contributed by atoms with E-state index in [1.54, 1.807) is 0 Å². The van der Waals surface area contributed by atoms with Crippen molar-refractivity contribution in [2.75, 3.05) is 0 Å². The number of carbonyl (C=O) groups is 1. The third-order valence-corrected chi connectivity index (χ3v) is 4.18. The fourth-order valence-corrected chi connectivity index (χ4v) is 2.92. The first-order valence-corrected chi connectivity index (χ1v) is 6.70. The number of nitrogens with zero attached hydrogens (tertiary/aromatic N) is 1. The Balaban J connectivity index is 1.91. The highest BCUT2D eigenvalue weighted by molar-refractivity contribution is 5.78. The lowest BCUT2D eigenvalue weighted by Crippen LogP contribution is -2.42. The molecular weight excluding hydrogens is 200 g/mol. The fraction of sp³-hybridized carbons (Fsp3) is 0.923. The van der Waals surface area contributed by atoms with Crippen LogP contribution in [0.5, 0.6) is 0 Å². The number of nitrogens with two attached hydrogens (primary N) is 1. The highest BCUT2D eigenvalue weighted by Crippen LogP contribution is 2.34. The molecule has 92 valence electrons. The Morgan fingerprint density at radius 2 is 2.06 bits per heavy atom. The second kappa shape index (κ2) is 4.74. The predicted octanol–water partition coefficient (Wildman–Crippen LogP) is 1.90. The molecule has 1 saturated heterocycles. The Hall–Kier alpha value is -0.570. The molecule has 2 rings (SSSR count). The molecule has 1 heterocycles. The van der Waals surface area contributed by atoms with Crippen LogP contribution in [0.25, 0.3) is 0 Å². The number of hydrogen-bond donors (Lipinski definition) is 1. The highest BCUT2D eigenvalue weighted by Gasteiger charge is 2.36. The molecule has 2 aliphatic rings. The van der Waals surface area contributed by atoms with Crippen molar-refractivity contribution in [1.82, 2.24) is 4.90 Å². The minimum absolute atomic E-state index is 0.109. The molecular formula is C13H24N2O. The van der Waals surface area contributed by atoms with Crippen LogP contribution in [0.1, 0.15) is 52.4 Å². The topological polar surface area (TPSA) is 46.3 Å². The van der Waals surface area contributed by atoms with Crippen LogP contribution in [0.15, 0.2) is 0 Å². The Bertz CT molecular complexity index is 263. The van der Waals surface area contributed by atoms with Crippen LogP contribution in [0.2, 0.25) is 0 Å². The number of amides is 1. The lowest BCUT2D eigenvalue weighted by molar-refractivity contribution is -0.134. The quantitative estimate of drug-likeness (QED) is 0.793. The summed E-state index contributed by atoms with van der Waals surface area (Å²) in [5, 5.41) is 0. The lowest BCUT2D eigenvalue weighted by atomic mass is 10.1. The standard InChI is InChI=1S/C13H24N2O/c1-3-11-7-4-9(2)15(11)13(16)8-12(14)10-5-6-10/h9-12H,3-8,14H2,1-2H3. The summed E-state index contributed by atoms with van der Waals surface area (Å²) >= 11 is 0. The molecule has 3 heteroatoms. The monoisotopic (exact) mass is 224 g/mol. The first-order chi connectivity index (χ1) is 7.63. The van der Waals surface area contributed by atoms with Crippen molar-refractivity contribution in [2.24, 2.45) is 11.7 Å². The van der Waals surface area contributed by atoms with Gasteiger partial charge in [-0.1, -0.05) is 6.92 Å². The third-order valence-electron chi connectivity index (χ3n) is 4.18. The second-order valence-corrected chi connectivity index (χ2v) is 5.49. The summed E-state index contributed by atoms with van der Waals surface area (Å²) in [5.74, 6) is 0.915. The number of likely N-dealkylation sites (tertiary alicyclic amines) is 1. The van der Waals surface area contributed by atoms with Gasteiger partial charge in [0.2, 0.25) is 5.91 Å². The van der Waals surface area contributed by atoms with Crippen LogP contribution in [0, 0.1) is 5.92 Å². The molecule has 16 heavy (non-hydrogen) atoms. The molecule has 2 N–H and O–H groups in total. The molecule has 3 nitrogen and oxygen atoms in total. The molecule has 0 aromatic carbocycles. The van der Waals surface area contributed by atoms with Gasteiger partial charge in [-0.2, -0.15) is 0 Å². The largest absolute Gasteiger partial charge is 0.337 e. The lowest BCUT2D eigenvalue weighted by Gasteiger charge is -2.29. The van der Waals surface area contributed by atoms with Crippen LogP contribution >= 0.6 is 0 Å². The average Bonchev–Trinajstić information content (AvgIpc) is 3.02. The molecule has 1 aliphatic heterocycles. The molecule has 1 amide bonds. The summed E-state index contributed by atoms with van der Waals surface area (Å²) < 4.78 is 0. The van der Waals surface area contributed by atoms with Gasteiger partial charge >= 0.3 is 0 Å². The Morgan fingerprint density at radius 1 is 1.38 bits per heavy atom. The number of rotatable bonds is 4. The van der Waals surface area contributed by atoms with E-state index in [9.17, 15) is 4.79 Å². The summed E-state index contributed by atoms with van der Waals surface area (Å²) in [6.07, 6.45) is 6.41. The maximum atomic E-state index is 12.2. The first kappa shape index (κ1) is 11.9. The molecule has 0 bridgehead atoms. The minimum Gasteiger partial charge on any atom is -0.337 e. The zero-order valence-electron chi connectivity index (χ0n) is 10.5. The number of hydrogen-bond acceptors (Lipinski definition) is 2. The first-order valence-electron chi connectivity index (χ1n) is 6.70. The summed E-state index contributed by atoms with van der Waals surface area (Å²) in [6.45, 7) is 4.33. The van der Waals surface area contributed by atoms with Crippen molar-refractivity contribution in [3.63, 3.8) is 0 Å². The Labute approximate surface area is 98.4 Å². The SMILES string of the molecule is CCC1CCC(C)N1C(=O)CC(N)C1CC1. The van der Waals surface area contributed by atoms with Crippen LogP contribution in [-0.4, -0.2) is 28.9 Å². The minimum atomic E-state index is 0.109. The van der Waals surface area contributed by atoms with E-state index < -0.39 is 0 Å². The smallest absolute Gasteiger partial charge is 0.224 e. The van der Waals surface area contributed by atoms with Gasteiger partial charge in [0, 0.05) is 24.5 Å². The molecule has 2 fully saturated rings. The normalized spacial score (nSPS) is 31.8. The van der Waals surface area contributed by atoms with Crippen LogP contribution in [-0.2, 0) is 4.79 Å². The zero-order chi connectivity index (χ0) is 11.7. The summed E-state index contributed by atoms with van der Waals surface area (Å²) in [7, 11) is 0. The third kappa shape index (κ3) is 2.40. The Morgan fingerprint density at radius 3 is 2.62 bits per heavy atom. The van der Waals surface area contributed by atoms with Gasteiger partial charge in [-0.25, -0.2) is 0 Å². The van der Waals surface area contributed by atoms with E-state index >= 15 is 0 Å². The second-order valence-electron chi connectivity index (χ2n) is 5.49. The zero-order valence-corrected chi connectivity index (χ0v) is 10.5. The van der Waals surface area contributed by atoms with E-state index in [1.807, 2.05) is 0 Å². The molecule has 3 atom stereocenters. The van der Waals surface area contributed by atoms with Gasteiger partial charge in [-0.05, 0) is 44.9 Å². The van der Waals surface area contributed by atoms with Gasteiger partial charge in [0.25, 0.3) is 0 Å². The van der Waals surface area contributed by atoms with Gasteiger partial charge in [0.05, 0.1) is 0 Å². The van der Waals surface area contributed by atoms with Crippen molar-refractivity contribution in [1.29, 1.82) is 0 Å². The average molecular weight is 224 g/mol. The molecule has 3 unspecified atom stereocenters. The van der Waals surface area contributed by atoms with Gasteiger partial charge < -0.3 is 10.6 Å². The van der Waals surface area contributed by atoms with Crippen molar-refractivity contribution in [3.8, 4) is 0 Å². The van der Waals surface area contributed by atoms with E-state index in [0.717, 1.165) is 12.8 Å². The van der Waals surface area contributed by atoms with E-state index in [1.165, 1.54) is 19.3 Å². The Kier molecular flexibility index (Phi) is 3.53. The highest BCUT2D eigenvalue weighted by atomic mass is 16.2. The maximum Gasteiger partial charge on any atom is 0.224 e. The predicted molar refractivity (Wildman–Crippen MR) is 64.9 cm³/mol. The molecule has 0 radical (unpaired) electrons. The van der Waals surface area contributed by atoms with Gasteiger partial charge in [0.1, 0.15) is 0 Å². The summed E-state index contributed by atoms with van der Waals surface area (Å²) in [5.41, 5.74) is 6.03. The van der Waals surface area contributed by atoms with Gasteiger partial charge in [-0.15, -0.1) is 0 Å². The van der Waals surface area contributed by atoms with Gasteiger partial charge in [0.15, 0.2) is 0 Å². The molecule has 0 spiro atoms. The van der Waals surface area contributed by atoms with Crippen molar-refractivity contribution in [2.45, 2.75) is 70.5 Å². The van der Waals surface area contributed by atoms with E-state index in [-0.39, 0.29) is 11.9 Å². The summed E-state index contributed by atoms with van der Waals surface area (Å²) in [4.78, 5) is 14.3. The van der Waals surface area contributed by atoms with E-state index in [2.05, 4.69) is 18.7 Å². The molecule has 1 aliphatic carbocycles. The van der Waals surface area contributed by atoms with Crippen LogP contribution < -0.4 is 5.73 Å². The number of carbonyl (C=O) groups excluding carboxylic acids is 1. The van der Waals surface area contributed by atoms with Crippen LogP contribution in [0.4, 0.5) is 0 Å². The van der Waals surface area contributed by atoms with Crippen molar-refractivity contribution >= 4 is 5.91 Å². The van der Waals surface area contributed by atoms with Crippen molar-refractivity contribution in [3.05, 3.63) is 0 Å². The van der Waals surface area contributed by atoms with Crippen molar-refractivity contribution < 1.29 is 4.79 Å². The van der Waals surface area contributed by atoms with Crippen LogP contribution in [0.3, 0.4) is 0 Å². The maximum absolute atomic E-state index is 12.2. The van der Waals surface area contributed by atoms with Gasteiger partial charge in [-0.3, -0.25) is 4.79 Å².